The number of fused-ring (bicyclic) bond motifs is 11. The highest BCUT2D eigenvalue weighted by atomic mass is 32.1. The van der Waals surface area contributed by atoms with Gasteiger partial charge in [0.1, 0.15) is 11.2 Å². The number of thiophene rings is 1. The van der Waals surface area contributed by atoms with Gasteiger partial charge in [0.25, 0.3) is 0 Å². The first kappa shape index (κ1) is 28.8. The van der Waals surface area contributed by atoms with E-state index in [2.05, 4.69) is 156 Å². The van der Waals surface area contributed by atoms with Crippen molar-refractivity contribution in [3.8, 4) is 28.3 Å². The van der Waals surface area contributed by atoms with Gasteiger partial charge in [0, 0.05) is 48.1 Å². The zero-order chi connectivity index (χ0) is 34.6. The number of benzene rings is 8. The monoisotopic (exact) mass is 693 g/mol. The van der Waals surface area contributed by atoms with Gasteiger partial charge in [-0.3, -0.25) is 0 Å². The van der Waals surface area contributed by atoms with Crippen molar-refractivity contribution in [2.24, 2.45) is 0 Å². The van der Waals surface area contributed by atoms with E-state index in [0.29, 0.717) is 5.82 Å². The van der Waals surface area contributed by atoms with E-state index in [1.807, 2.05) is 12.1 Å². The SMILES string of the molecule is c1ccc2cc3c(cc2c1)c1ccccc1n3-c1cccc2c(-c3nc(-c4ccc5c(c4)oc4ccccc45)c4sc5ccccc5c4n3)cccc12. The average molecular weight is 694 g/mol. The van der Waals surface area contributed by atoms with Crippen LogP contribution >= 0.6 is 11.3 Å². The minimum absolute atomic E-state index is 0.705. The second-order valence-corrected chi connectivity index (χ2v) is 14.8. The highest BCUT2D eigenvalue weighted by molar-refractivity contribution is 7.26. The van der Waals surface area contributed by atoms with Crippen molar-refractivity contribution in [2.45, 2.75) is 0 Å². The molecule has 0 aliphatic carbocycles. The molecule has 12 aromatic rings. The normalized spacial score (nSPS) is 12.2. The first-order valence-corrected chi connectivity index (χ1v) is 18.6. The van der Waals surface area contributed by atoms with Crippen molar-refractivity contribution in [1.82, 2.24) is 14.5 Å². The Morgan fingerprint density at radius 2 is 1.19 bits per heavy atom. The maximum absolute atomic E-state index is 6.35. The number of hydrogen-bond donors (Lipinski definition) is 0. The Morgan fingerprint density at radius 3 is 2.11 bits per heavy atom. The second kappa shape index (κ2) is 10.8. The summed E-state index contributed by atoms with van der Waals surface area (Å²) < 4.78 is 11.0. The minimum atomic E-state index is 0.705. The van der Waals surface area contributed by atoms with Gasteiger partial charge in [-0.15, -0.1) is 11.3 Å². The van der Waals surface area contributed by atoms with Gasteiger partial charge in [-0.05, 0) is 64.7 Å². The van der Waals surface area contributed by atoms with Gasteiger partial charge in [-0.25, -0.2) is 9.97 Å². The number of aromatic nitrogens is 3. The molecule has 246 valence electrons. The Kier molecular flexibility index (Phi) is 5.90. The first-order valence-electron chi connectivity index (χ1n) is 17.8. The highest BCUT2D eigenvalue weighted by Gasteiger charge is 2.21. The van der Waals surface area contributed by atoms with Crippen LogP contribution in [0.5, 0.6) is 0 Å². The topological polar surface area (TPSA) is 43.9 Å². The Balaban J connectivity index is 1.12. The van der Waals surface area contributed by atoms with Crippen LogP contribution in [0.1, 0.15) is 0 Å². The molecule has 4 nitrogen and oxygen atoms in total. The lowest BCUT2D eigenvalue weighted by Gasteiger charge is -2.14. The molecule has 0 radical (unpaired) electrons. The molecule has 53 heavy (non-hydrogen) atoms. The van der Waals surface area contributed by atoms with Crippen molar-refractivity contribution >= 4 is 96.9 Å². The predicted octanol–water partition coefficient (Wildman–Crippen LogP) is 13.5. The molecule has 0 N–H and O–H groups in total. The van der Waals surface area contributed by atoms with Gasteiger partial charge in [0.15, 0.2) is 5.82 Å². The molecule has 0 spiro atoms. The summed E-state index contributed by atoms with van der Waals surface area (Å²) in [5.41, 5.74) is 9.13. The van der Waals surface area contributed by atoms with Crippen LogP contribution in [0.3, 0.4) is 0 Å². The minimum Gasteiger partial charge on any atom is -0.456 e. The zero-order valence-electron chi connectivity index (χ0n) is 28.2. The van der Waals surface area contributed by atoms with Crippen LogP contribution in [0.2, 0.25) is 0 Å². The third-order valence-corrected chi connectivity index (χ3v) is 12.0. The summed E-state index contributed by atoms with van der Waals surface area (Å²) in [7, 11) is 0. The molecule has 0 unspecified atom stereocenters. The molecular weight excluding hydrogens is 667 g/mol. The summed E-state index contributed by atoms with van der Waals surface area (Å²) in [5.74, 6) is 0.705. The largest absolute Gasteiger partial charge is 0.456 e. The zero-order valence-corrected chi connectivity index (χ0v) is 29.1. The second-order valence-electron chi connectivity index (χ2n) is 13.7. The van der Waals surface area contributed by atoms with Crippen LogP contribution in [0, 0.1) is 0 Å². The summed E-state index contributed by atoms with van der Waals surface area (Å²) >= 11 is 1.75. The van der Waals surface area contributed by atoms with E-state index in [1.54, 1.807) is 11.3 Å². The van der Waals surface area contributed by atoms with E-state index in [1.165, 1.54) is 37.3 Å². The average Bonchev–Trinajstić information content (AvgIpc) is 3.88. The molecular formula is C48H27N3OS. The number of nitrogens with zero attached hydrogens (tertiary/aromatic N) is 3. The maximum Gasteiger partial charge on any atom is 0.161 e. The molecule has 0 aliphatic rings. The molecule has 4 heterocycles. The lowest BCUT2D eigenvalue weighted by molar-refractivity contribution is 0.669. The van der Waals surface area contributed by atoms with Gasteiger partial charge >= 0.3 is 0 Å². The van der Waals surface area contributed by atoms with Crippen LogP contribution in [0.15, 0.2) is 168 Å². The molecule has 5 heteroatoms. The van der Waals surface area contributed by atoms with E-state index in [9.17, 15) is 0 Å². The molecule has 0 saturated heterocycles. The van der Waals surface area contributed by atoms with Crippen LogP contribution in [0.4, 0.5) is 0 Å². The maximum atomic E-state index is 6.35. The predicted molar refractivity (Wildman–Crippen MR) is 222 cm³/mol. The quantitative estimate of drug-likeness (QED) is 0.185. The van der Waals surface area contributed by atoms with Gasteiger partial charge < -0.3 is 8.98 Å². The molecule has 0 aliphatic heterocycles. The van der Waals surface area contributed by atoms with E-state index < -0.39 is 0 Å². The lowest BCUT2D eigenvalue weighted by Crippen LogP contribution is -1.98. The molecule has 0 bridgehead atoms. The molecule has 0 atom stereocenters. The van der Waals surface area contributed by atoms with Crippen LogP contribution < -0.4 is 0 Å². The van der Waals surface area contributed by atoms with E-state index in [4.69, 9.17) is 14.4 Å². The molecule has 0 fully saturated rings. The fourth-order valence-electron chi connectivity index (χ4n) is 8.38. The molecule has 4 aromatic heterocycles. The van der Waals surface area contributed by atoms with Gasteiger partial charge in [-0.2, -0.15) is 0 Å². The summed E-state index contributed by atoms with van der Waals surface area (Å²) in [6.45, 7) is 0. The lowest BCUT2D eigenvalue weighted by atomic mass is 10.0. The Bertz CT molecular complexity index is 3480. The Morgan fingerprint density at radius 1 is 0.472 bits per heavy atom. The van der Waals surface area contributed by atoms with Crippen molar-refractivity contribution < 1.29 is 4.42 Å². The van der Waals surface area contributed by atoms with Gasteiger partial charge in [-0.1, -0.05) is 115 Å². The van der Waals surface area contributed by atoms with Crippen molar-refractivity contribution in [2.75, 3.05) is 0 Å². The standard InChI is InChI=1S/C48H27N3OS/c1-2-12-29-26-41-38(25-28(29)11-1)33-13-3-6-19-39(33)51(41)40-20-10-16-31-32(40)17-9-18-36(31)48-49-45(47-46(50-48)37-15-5-8-22-44(37)53-47)30-23-24-35-34-14-4-7-21-42(34)52-43(35)27-30/h1-27H. The van der Waals surface area contributed by atoms with Crippen LogP contribution in [0.25, 0.3) is 114 Å². The van der Waals surface area contributed by atoms with E-state index in [0.717, 1.165) is 70.8 Å². The van der Waals surface area contributed by atoms with Gasteiger partial charge in [0.2, 0.25) is 0 Å². The van der Waals surface area contributed by atoms with Crippen molar-refractivity contribution in [1.29, 1.82) is 0 Å². The number of hydrogen-bond acceptors (Lipinski definition) is 4. The van der Waals surface area contributed by atoms with Crippen molar-refractivity contribution in [3.63, 3.8) is 0 Å². The van der Waals surface area contributed by atoms with Crippen LogP contribution in [-0.4, -0.2) is 14.5 Å². The van der Waals surface area contributed by atoms with Crippen LogP contribution in [-0.2, 0) is 0 Å². The van der Waals surface area contributed by atoms with E-state index in [-0.39, 0.29) is 0 Å². The molecule has 0 amide bonds. The third kappa shape index (κ3) is 4.17. The third-order valence-electron chi connectivity index (χ3n) is 10.8. The number of rotatable bonds is 3. The summed E-state index contributed by atoms with van der Waals surface area (Å²) in [4.78, 5) is 10.8. The molecule has 8 aromatic carbocycles. The fraction of sp³-hybridized carbons (Fsp3) is 0. The van der Waals surface area contributed by atoms with E-state index >= 15 is 0 Å². The molecule has 12 rings (SSSR count). The van der Waals surface area contributed by atoms with Crippen molar-refractivity contribution in [3.05, 3.63) is 164 Å². The highest BCUT2D eigenvalue weighted by Crippen LogP contribution is 2.43. The smallest absolute Gasteiger partial charge is 0.161 e. The van der Waals surface area contributed by atoms with Gasteiger partial charge in [0.05, 0.1) is 32.6 Å². The summed E-state index contributed by atoms with van der Waals surface area (Å²) in [5, 5.41) is 10.6. The molecule has 0 saturated carbocycles. The number of furan rings is 1. The Labute approximate surface area is 306 Å². The first-order chi connectivity index (χ1) is 26.3. The fourth-order valence-corrected chi connectivity index (χ4v) is 9.53. The summed E-state index contributed by atoms with van der Waals surface area (Å²) in [6.07, 6.45) is 0. The summed E-state index contributed by atoms with van der Waals surface area (Å²) in [6, 6.07) is 58.4. The Hall–Kier alpha value is -6.82. The number of para-hydroxylation sites is 2.